The van der Waals surface area contributed by atoms with Gasteiger partial charge in [0.1, 0.15) is 5.82 Å². The van der Waals surface area contributed by atoms with Crippen LogP contribution < -0.4 is 19.5 Å². The Hall–Kier alpha value is -4.09. The van der Waals surface area contributed by atoms with Crippen LogP contribution in [0.3, 0.4) is 0 Å². The first-order valence-electron chi connectivity index (χ1n) is 12.4. The second kappa shape index (κ2) is 12.2. The van der Waals surface area contributed by atoms with Crippen LogP contribution in [0.5, 0.6) is 17.2 Å². The van der Waals surface area contributed by atoms with Crippen LogP contribution >= 0.6 is 0 Å². The van der Waals surface area contributed by atoms with E-state index in [1.807, 2.05) is 42.9 Å². The van der Waals surface area contributed by atoms with E-state index in [1.54, 1.807) is 12.1 Å². The van der Waals surface area contributed by atoms with Crippen molar-refractivity contribution >= 4 is 30.2 Å². The Balaban J connectivity index is 1.66. The molecule has 9 nitrogen and oxygen atoms in total. The third-order valence-electron chi connectivity index (χ3n) is 6.56. The van der Waals surface area contributed by atoms with Gasteiger partial charge in [0.25, 0.3) is 0 Å². The molecule has 0 spiro atoms. The standard InChI is InChI=1S/C28H31BFN3O6/c1-17-21(14-26(34)31-16-20-6-5-8-33(20)2)23-13-19(30)15-32-27(23)22(17)10-18-11-24(37-3)28(25(12-18)38-4)39-9-7-29(35)36/h5-6,8,10-13,15,35-36H,7,9,14,16H2,1-4H3,(H,31,34). The Kier molecular flexibility index (Phi) is 8.73. The Morgan fingerprint density at radius 3 is 2.54 bits per heavy atom. The first-order valence-corrected chi connectivity index (χ1v) is 12.4. The summed E-state index contributed by atoms with van der Waals surface area (Å²) in [6, 6.07) is 8.75. The van der Waals surface area contributed by atoms with Gasteiger partial charge >= 0.3 is 7.12 Å². The van der Waals surface area contributed by atoms with Gasteiger partial charge in [0, 0.05) is 36.4 Å². The summed E-state index contributed by atoms with van der Waals surface area (Å²) in [5.74, 6) is 0.446. The van der Waals surface area contributed by atoms with Gasteiger partial charge in [0.15, 0.2) is 11.5 Å². The van der Waals surface area contributed by atoms with Crippen LogP contribution in [0, 0.1) is 5.82 Å². The van der Waals surface area contributed by atoms with Crippen LogP contribution in [-0.2, 0) is 18.4 Å². The highest BCUT2D eigenvalue weighted by Gasteiger charge is 2.27. The topological polar surface area (TPSA) is 115 Å². The summed E-state index contributed by atoms with van der Waals surface area (Å²) in [4.78, 5) is 17.2. The van der Waals surface area contributed by atoms with Gasteiger partial charge < -0.3 is 34.1 Å². The van der Waals surface area contributed by atoms with E-state index in [-0.39, 0.29) is 25.3 Å². The zero-order valence-electron chi connectivity index (χ0n) is 22.3. The molecule has 0 saturated carbocycles. The zero-order chi connectivity index (χ0) is 28.1. The summed E-state index contributed by atoms with van der Waals surface area (Å²) in [7, 11) is 3.41. The van der Waals surface area contributed by atoms with Gasteiger partial charge in [-0.15, -0.1) is 0 Å². The average molecular weight is 535 g/mol. The fourth-order valence-electron chi connectivity index (χ4n) is 4.48. The minimum atomic E-state index is -1.49. The molecule has 4 rings (SSSR count). The lowest BCUT2D eigenvalue weighted by Crippen LogP contribution is -2.23. The number of pyridine rings is 1. The molecule has 3 N–H and O–H groups in total. The molecule has 3 aromatic rings. The SMILES string of the molecule is COc1cc(C=C2C(C)=C(CC(=O)NCc3cccn3C)c3cc(F)cnc32)cc(OC)c1OCCB(O)O. The summed E-state index contributed by atoms with van der Waals surface area (Å²) in [5, 5.41) is 21.2. The third-order valence-corrected chi connectivity index (χ3v) is 6.56. The minimum Gasteiger partial charge on any atom is -0.493 e. The van der Waals surface area contributed by atoms with Crippen molar-refractivity contribution in [2.45, 2.75) is 26.2 Å². The van der Waals surface area contributed by atoms with E-state index in [0.717, 1.165) is 23.0 Å². The second-order valence-corrected chi connectivity index (χ2v) is 9.15. The van der Waals surface area contributed by atoms with Crippen molar-refractivity contribution < 1.29 is 33.4 Å². The van der Waals surface area contributed by atoms with Gasteiger partial charge in [0.2, 0.25) is 11.7 Å². The number of amides is 1. The third kappa shape index (κ3) is 6.32. The van der Waals surface area contributed by atoms with Crippen molar-refractivity contribution in [3.8, 4) is 17.2 Å². The molecule has 1 aliphatic rings. The molecule has 0 saturated heterocycles. The first kappa shape index (κ1) is 27.9. The zero-order valence-corrected chi connectivity index (χ0v) is 22.3. The van der Waals surface area contributed by atoms with Crippen molar-refractivity contribution in [3.05, 3.63) is 76.6 Å². The lowest BCUT2D eigenvalue weighted by Gasteiger charge is -2.15. The van der Waals surface area contributed by atoms with Crippen molar-refractivity contribution in [1.29, 1.82) is 0 Å². The van der Waals surface area contributed by atoms with E-state index in [9.17, 15) is 9.18 Å². The number of aromatic nitrogens is 2. The van der Waals surface area contributed by atoms with Crippen molar-refractivity contribution in [1.82, 2.24) is 14.9 Å². The predicted molar refractivity (Wildman–Crippen MR) is 147 cm³/mol. The van der Waals surface area contributed by atoms with E-state index < -0.39 is 12.9 Å². The molecular weight excluding hydrogens is 504 g/mol. The minimum absolute atomic E-state index is 0.0165. The molecule has 1 amide bonds. The van der Waals surface area contributed by atoms with Gasteiger partial charge in [-0.05, 0) is 60.0 Å². The molecule has 39 heavy (non-hydrogen) atoms. The fraction of sp³-hybridized carbons (Fsp3) is 0.286. The van der Waals surface area contributed by atoms with E-state index in [1.165, 1.54) is 20.3 Å². The number of fused-ring (bicyclic) bond motifs is 1. The van der Waals surface area contributed by atoms with Crippen LogP contribution in [0.4, 0.5) is 4.39 Å². The molecule has 11 heteroatoms. The van der Waals surface area contributed by atoms with Crippen LogP contribution in [0.15, 0.2) is 48.3 Å². The first-order chi connectivity index (χ1) is 18.7. The number of hydrogen-bond donors (Lipinski definition) is 3. The number of carbonyl (C=O) groups is 1. The number of rotatable bonds is 11. The second-order valence-electron chi connectivity index (χ2n) is 9.15. The normalized spacial score (nSPS) is 13.5. The summed E-state index contributed by atoms with van der Waals surface area (Å²) in [6.45, 7) is 2.32. The Labute approximate surface area is 226 Å². The number of halogens is 1. The van der Waals surface area contributed by atoms with Crippen molar-refractivity contribution in [2.75, 3.05) is 20.8 Å². The highest BCUT2D eigenvalue weighted by Crippen LogP contribution is 2.44. The van der Waals surface area contributed by atoms with E-state index >= 15 is 0 Å². The summed E-state index contributed by atoms with van der Waals surface area (Å²) < 4.78 is 32.9. The maximum atomic E-state index is 14.2. The number of methoxy groups -OCH3 is 2. The van der Waals surface area contributed by atoms with Gasteiger partial charge in [-0.2, -0.15) is 0 Å². The maximum absolute atomic E-state index is 14.2. The van der Waals surface area contributed by atoms with Gasteiger partial charge in [-0.25, -0.2) is 4.39 Å². The van der Waals surface area contributed by atoms with Crippen LogP contribution in [0.25, 0.3) is 17.2 Å². The largest absolute Gasteiger partial charge is 0.493 e. The Bertz CT molecular complexity index is 1410. The molecule has 0 aliphatic heterocycles. The van der Waals surface area contributed by atoms with E-state index in [0.29, 0.717) is 46.2 Å². The quantitative estimate of drug-likeness (QED) is 0.322. The number of benzene rings is 1. The van der Waals surface area contributed by atoms with Crippen LogP contribution in [0.2, 0.25) is 6.32 Å². The maximum Gasteiger partial charge on any atom is 0.454 e. The summed E-state index contributed by atoms with van der Waals surface area (Å²) in [6.07, 6.45) is 5.03. The van der Waals surface area contributed by atoms with E-state index in [4.69, 9.17) is 24.3 Å². The van der Waals surface area contributed by atoms with Gasteiger partial charge in [0.05, 0.1) is 45.7 Å². The fourth-order valence-corrected chi connectivity index (χ4v) is 4.48. The summed E-state index contributed by atoms with van der Waals surface area (Å²) in [5.41, 5.74) is 5.09. The molecule has 0 atom stereocenters. The number of nitrogens with zero attached hydrogens (tertiary/aromatic N) is 2. The van der Waals surface area contributed by atoms with Crippen LogP contribution in [0.1, 0.15) is 35.9 Å². The van der Waals surface area contributed by atoms with Crippen LogP contribution in [-0.4, -0.2) is 53.5 Å². The number of hydrogen-bond acceptors (Lipinski definition) is 7. The average Bonchev–Trinajstić information content (AvgIpc) is 3.43. The van der Waals surface area contributed by atoms with Gasteiger partial charge in [-0.1, -0.05) is 0 Å². The van der Waals surface area contributed by atoms with Crippen molar-refractivity contribution in [2.24, 2.45) is 7.05 Å². The number of nitrogens with one attached hydrogen (secondary N) is 1. The molecule has 2 aromatic heterocycles. The smallest absolute Gasteiger partial charge is 0.454 e. The monoisotopic (exact) mass is 535 g/mol. The molecule has 0 radical (unpaired) electrons. The molecule has 0 unspecified atom stereocenters. The number of ether oxygens (including phenoxy) is 3. The number of allylic oxidation sites excluding steroid dienone is 2. The summed E-state index contributed by atoms with van der Waals surface area (Å²) >= 11 is 0. The number of carbonyl (C=O) groups excluding carboxylic acids is 1. The molecule has 204 valence electrons. The molecule has 0 bridgehead atoms. The Morgan fingerprint density at radius 2 is 1.92 bits per heavy atom. The highest BCUT2D eigenvalue weighted by molar-refractivity contribution is 6.41. The molecule has 1 aromatic carbocycles. The lowest BCUT2D eigenvalue weighted by atomic mass is 9.87. The number of aryl methyl sites for hydroxylation is 1. The molecular formula is C28H31BFN3O6. The van der Waals surface area contributed by atoms with Crippen molar-refractivity contribution in [3.63, 3.8) is 0 Å². The molecule has 0 fully saturated rings. The van der Waals surface area contributed by atoms with E-state index in [2.05, 4.69) is 10.3 Å². The van der Waals surface area contributed by atoms with Gasteiger partial charge in [-0.3, -0.25) is 9.78 Å². The predicted octanol–water partition coefficient (Wildman–Crippen LogP) is 3.46. The molecule has 2 heterocycles. The Morgan fingerprint density at radius 1 is 1.21 bits per heavy atom. The molecule has 1 aliphatic carbocycles. The highest BCUT2D eigenvalue weighted by atomic mass is 19.1. The lowest BCUT2D eigenvalue weighted by molar-refractivity contribution is -0.120.